The normalized spacial score (nSPS) is 24.6. The number of carbonyl (C=O) groups excluding carboxylic acids is 1. The summed E-state index contributed by atoms with van der Waals surface area (Å²) in [5.74, 6) is 1.62. The summed E-state index contributed by atoms with van der Waals surface area (Å²) < 4.78 is 0. The van der Waals surface area contributed by atoms with E-state index in [1.54, 1.807) is 11.9 Å². The predicted molar refractivity (Wildman–Crippen MR) is 71.9 cm³/mol. The highest BCUT2D eigenvalue weighted by molar-refractivity contribution is 5.76. The van der Waals surface area contributed by atoms with E-state index < -0.39 is 0 Å². The van der Waals surface area contributed by atoms with Crippen LogP contribution in [0.5, 0.6) is 0 Å². The highest BCUT2D eigenvalue weighted by Crippen LogP contribution is 2.20. The Hall–Kier alpha value is -1.08. The summed E-state index contributed by atoms with van der Waals surface area (Å²) in [7, 11) is 1.78. The third-order valence-electron chi connectivity index (χ3n) is 3.57. The van der Waals surface area contributed by atoms with Crippen LogP contribution < -0.4 is 0 Å². The molecule has 0 aromatic carbocycles. The van der Waals surface area contributed by atoms with Crippen LogP contribution in [0.2, 0.25) is 0 Å². The van der Waals surface area contributed by atoms with Gasteiger partial charge in [-0.1, -0.05) is 13.8 Å². The van der Waals surface area contributed by atoms with Crippen molar-refractivity contribution in [3.05, 3.63) is 0 Å². The van der Waals surface area contributed by atoms with Crippen LogP contribution in [0.3, 0.4) is 0 Å². The van der Waals surface area contributed by atoms with Crippen molar-refractivity contribution in [1.82, 2.24) is 9.80 Å². The van der Waals surface area contributed by atoms with Gasteiger partial charge in [-0.05, 0) is 18.3 Å². The molecule has 1 aliphatic rings. The molecular formula is C14H25N3O. The van der Waals surface area contributed by atoms with Gasteiger partial charge in [0, 0.05) is 39.6 Å². The molecule has 0 bridgehead atoms. The molecule has 2 unspecified atom stereocenters. The summed E-state index contributed by atoms with van der Waals surface area (Å²) in [5.41, 5.74) is 0. The van der Waals surface area contributed by atoms with E-state index in [4.69, 9.17) is 5.26 Å². The SMILES string of the molecule is CC1CC(C)CN(CCC(=O)N(C)CCC#N)C1. The maximum Gasteiger partial charge on any atom is 0.223 e. The summed E-state index contributed by atoms with van der Waals surface area (Å²) in [6.45, 7) is 8.18. The van der Waals surface area contributed by atoms with Gasteiger partial charge in [-0.2, -0.15) is 5.26 Å². The van der Waals surface area contributed by atoms with Crippen molar-refractivity contribution < 1.29 is 4.79 Å². The van der Waals surface area contributed by atoms with Crippen LogP contribution in [0.25, 0.3) is 0 Å². The standard InChI is InChI=1S/C14H25N3O/c1-12-9-13(2)11-17(10-12)8-5-14(18)16(3)7-4-6-15/h12-13H,4-5,7-11H2,1-3H3. The maximum atomic E-state index is 11.8. The third kappa shape index (κ3) is 5.05. The molecule has 1 rings (SSSR count). The molecule has 0 aromatic rings. The highest BCUT2D eigenvalue weighted by Gasteiger charge is 2.22. The van der Waals surface area contributed by atoms with E-state index in [1.807, 2.05) is 0 Å². The van der Waals surface area contributed by atoms with Crippen LogP contribution in [0.15, 0.2) is 0 Å². The van der Waals surface area contributed by atoms with Gasteiger partial charge in [-0.15, -0.1) is 0 Å². The Morgan fingerprint density at radius 3 is 2.56 bits per heavy atom. The Kier molecular flexibility index (Phi) is 6.14. The van der Waals surface area contributed by atoms with E-state index in [0.29, 0.717) is 19.4 Å². The molecule has 0 radical (unpaired) electrons. The lowest BCUT2D eigenvalue weighted by Gasteiger charge is -2.35. The molecule has 1 aliphatic heterocycles. The Morgan fingerprint density at radius 1 is 1.39 bits per heavy atom. The van der Waals surface area contributed by atoms with E-state index in [9.17, 15) is 4.79 Å². The minimum absolute atomic E-state index is 0.149. The number of nitriles is 1. The van der Waals surface area contributed by atoms with Gasteiger partial charge >= 0.3 is 0 Å². The van der Waals surface area contributed by atoms with Crippen molar-refractivity contribution in [3.8, 4) is 6.07 Å². The molecule has 102 valence electrons. The predicted octanol–water partition coefficient (Wildman–Crippen LogP) is 1.73. The fourth-order valence-corrected chi connectivity index (χ4v) is 2.76. The molecule has 0 aliphatic carbocycles. The van der Waals surface area contributed by atoms with E-state index in [1.165, 1.54) is 6.42 Å². The summed E-state index contributed by atoms with van der Waals surface area (Å²) in [6.07, 6.45) is 2.29. The zero-order valence-corrected chi connectivity index (χ0v) is 11.9. The van der Waals surface area contributed by atoms with Crippen molar-refractivity contribution in [1.29, 1.82) is 5.26 Å². The van der Waals surface area contributed by atoms with Crippen molar-refractivity contribution in [2.45, 2.75) is 33.1 Å². The van der Waals surface area contributed by atoms with Crippen LogP contribution >= 0.6 is 0 Å². The molecule has 1 amide bonds. The molecule has 4 nitrogen and oxygen atoms in total. The number of likely N-dealkylation sites (tertiary alicyclic amines) is 1. The monoisotopic (exact) mass is 251 g/mol. The first-order chi connectivity index (χ1) is 8.52. The first kappa shape index (κ1) is 15.0. The summed E-state index contributed by atoms with van der Waals surface area (Å²) in [5, 5.41) is 8.49. The van der Waals surface area contributed by atoms with Gasteiger partial charge in [-0.3, -0.25) is 4.79 Å². The first-order valence-electron chi connectivity index (χ1n) is 6.86. The lowest BCUT2D eigenvalue weighted by molar-refractivity contribution is -0.130. The summed E-state index contributed by atoms with van der Waals surface area (Å²) in [4.78, 5) is 15.9. The third-order valence-corrected chi connectivity index (χ3v) is 3.57. The van der Waals surface area contributed by atoms with Crippen molar-refractivity contribution in [3.63, 3.8) is 0 Å². The Bertz CT molecular complexity index is 301. The number of hydrogen-bond acceptors (Lipinski definition) is 3. The van der Waals surface area contributed by atoms with E-state index in [-0.39, 0.29) is 5.91 Å². The van der Waals surface area contributed by atoms with Gasteiger partial charge in [0.05, 0.1) is 12.5 Å². The molecule has 4 heteroatoms. The Morgan fingerprint density at radius 2 is 2.00 bits per heavy atom. The van der Waals surface area contributed by atoms with Gasteiger partial charge in [0.1, 0.15) is 0 Å². The first-order valence-corrected chi connectivity index (χ1v) is 6.86. The maximum absolute atomic E-state index is 11.8. The Labute approximate surface area is 111 Å². The molecule has 1 saturated heterocycles. The van der Waals surface area contributed by atoms with E-state index in [0.717, 1.165) is 31.5 Å². The molecule has 0 aromatic heterocycles. The number of rotatable bonds is 5. The number of amides is 1. The molecular weight excluding hydrogens is 226 g/mol. The lowest BCUT2D eigenvalue weighted by atomic mass is 9.92. The molecule has 0 N–H and O–H groups in total. The second kappa shape index (κ2) is 7.38. The molecule has 0 spiro atoms. The van der Waals surface area contributed by atoms with Crippen LogP contribution in [0.4, 0.5) is 0 Å². The number of carbonyl (C=O) groups is 1. The average molecular weight is 251 g/mol. The lowest BCUT2D eigenvalue weighted by Crippen LogP contribution is -2.41. The van der Waals surface area contributed by atoms with Gasteiger partial charge < -0.3 is 9.80 Å². The van der Waals surface area contributed by atoms with Crippen LogP contribution in [-0.2, 0) is 4.79 Å². The van der Waals surface area contributed by atoms with E-state index in [2.05, 4.69) is 24.8 Å². The zero-order chi connectivity index (χ0) is 13.5. The van der Waals surface area contributed by atoms with Gasteiger partial charge in [0.25, 0.3) is 0 Å². The number of piperidine rings is 1. The van der Waals surface area contributed by atoms with Gasteiger partial charge in [-0.25, -0.2) is 0 Å². The molecule has 18 heavy (non-hydrogen) atoms. The van der Waals surface area contributed by atoms with Gasteiger partial charge in [0.15, 0.2) is 0 Å². The summed E-state index contributed by atoms with van der Waals surface area (Å²) >= 11 is 0. The molecule has 0 saturated carbocycles. The smallest absolute Gasteiger partial charge is 0.223 e. The number of nitrogens with zero attached hydrogens (tertiary/aromatic N) is 3. The average Bonchev–Trinajstić information content (AvgIpc) is 2.31. The fraction of sp³-hybridized carbons (Fsp3) is 0.857. The van der Waals surface area contributed by atoms with Crippen LogP contribution in [0.1, 0.15) is 33.1 Å². The minimum atomic E-state index is 0.149. The second-order valence-corrected chi connectivity index (χ2v) is 5.68. The van der Waals surface area contributed by atoms with Gasteiger partial charge in [0.2, 0.25) is 5.91 Å². The quantitative estimate of drug-likeness (QED) is 0.747. The topological polar surface area (TPSA) is 47.3 Å². The fourth-order valence-electron chi connectivity index (χ4n) is 2.76. The second-order valence-electron chi connectivity index (χ2n) is 5.68. The zero-order valence-electron chi connectivity index (χ0n) is 11.9. The van der Waals surface area contributed by atoms with Crippen molar-refractivity contribution >= 4 is 5.91 Å². The van der Waals surface area contributed by atoms with Crippen molar-refractivity contribution in [2.24, 2.45) is 11.8 Å². The molecule has 2 atom stereocenters. The largest absolute Gasteiger partial charge is 0.345 e. The summed E-state index contributed by atoms with van der Waals surface area (Å²) in [6, 6.07) is 2.07. The molecule has 1 heterocycles. The Balaban J connectivity index is 2.27. The van der Waals surface area contributed by atoms with Crippen molar-refractivity contribution in [2.75, 3.05) is 33.2 Å². The molecule has 1 fully saturated rings. The van der Waals surface area contributed by atoms with E-state index >= 15 is 0 Å². The van der Waals surface area contributed by atoms with Crippen LogP contribution in [-0.4, -0.2) is 48.9 Å². The van der Waals surface area contributed by atoms with Crippen LogP contribution in [0, 0.1) is 23.2 Å². The minimum Gasteiger partial charge on any atom is -0.345 e. The highest BCUT2D eigenvalue weighted by atomic mass is 16.2. The number of hydrogen-bond donors (Lipinski definition) is 0.